The second kappa shape index (κ2) is 8.43. The number of aromatic nitrogens is 2. The minimum atomic E-state index is -4.15. The number of anilines is 1. The molecule has 1 saturated heterocycles. The third-order valence-corrected chi connectivity index (χ3v) is 8.10. The van der Waals surface area contributed by atoms with Gasteiger partial charge < -0.3 is 10.3 Å². The quantitative estimate of drug-likeness (QED) is 0.651. The lowest BCUT2D eigenvalue weighted by molar-refractivity contribution is -0.120. The number of nitrogens with one attached hydrogen (secondary N) is 3. The van der Waals surface area contributed by atoms with Crippen molar-refractivity contribution in [2.75, 3.05) is 18.4 Å². The number of aromatic amines is 2. The highest BCUT2D eigenvalue weighted by atomic mass is 32.2. The third kappa shape index (κ3) is 4.22. The Balaban J connectivity index is 1.55. The van der Waals surface area contributed by atoms with Crippen molar-refractivity contribution in [1.82, 2.24) is 14.3 Å². The molecular weight excluding hydrogens is 420 g/mol. The predicted molar refractivity (Wildman–Crippen MR) is 116 cm³/mol. The SMILES string of the molecule is Cc1[nH]c(=O)[nH]c(=O)c1S(=O)(=O)N1CCCC(C(=O)Nc2cccc3c2CCCC3)C1. The summed E-state index contributed by atoms with van der Waals surface area (Å²) in [7, 11) is -4.15. The number of sulfonamides is 1. The molecule has 1 fully saturated rings. The van der Waals surface area contributed by atoms with Crippen LogP contribution in [0.3, 0.4) is 0 Å². The van der Waals surface area contributed by atoms with E-state index in [0.29, 0.717) is 12.8 Å². The van der Waals surface area contributed by atoms with Crippen LogP contribution in [-0.2, 0) is 27.7 Å². The van der Waals surface area contributed by atoms with Gasteiger partial charge in [-0.2, -0.15) is 4.31 Å². The van der Waals surface area contributed by atoms with E-state index in [1.165, 1.54) is 12.5 Å². The summed E-state index contributed by atoms with van der Waals surface area (Å²) < 4.78 is 27.4. The van der Waals surface area contributed by atoms with Gasteiger partial charge in [0.05, 0.1) is 5.92 Å². The number of hydrogen-bond acceptors (Lipinski definition) is 5. The van der Waals surface area contributed by atoms with E-state index in [9.17, 15) is 22.8 Å². The summed E-state index contributed by atoms with van der Waals surface area (Å²) in [4.78, 5) is 40.4. The Labute approximate surface area is 179 Å². The van der Waals surface area contributed by atoms with Crippen molar-refractivity contribution in [3.8, 4) is 0 Å². The Morgan fingerprint density at radius 3 is 2.68 bits per heavy atom. The molecule has 0 bridgehead atoms. The van der Waals surface area contributed by atoms with E-state index in [0.717, 1.165) is 41.2 Å². The van der Waals surface area contributed by atoms with Crippen LogP contribution in [-0.4, -0.2) is 41.7 Å². The lowest BCUT2D eigenvalue weighted by Crippen LogP contribution is -2.45. The first-order valence-corrected chi connectivity index (χ1v) is 12.0. The number of benzene rings is 1. The average molecular weight is 447 g/mol. The fraction of sp³-hybridized carbons (Fsp3) is 0.476. The maximum atomic E-state index is 13.1. The molecule has 1 unspecified atom stereocenters. The number of fused-ring (bicyclic) bond motifs is 1. The minimum Gasteiger partial charge on any atom is -0.326 e. The second-order valence-corrected chi connectivity index (χ2v) is 10.1. The maximum Gasteiger partial charge on any atom is 0.325 e. The molecule has 1 amide bonds. The lowest BCUT2D eigenvalue weighted by Gasteiger charge is -2.31. The molecule has 1 aliphatic heterocycles. The smallest absolute Gasteiger partial charge is 0.325 e. The van der Waals surface area contributed by atoms with Gasteiger partial charge in [0.25, 0.3) is 5.56 Å². The summed E-state index contributed by atoms with van der Waals surface area (Å²) in [6, 6.07) is 5.91. The van der Waals surface area contributed by atoms with Crippen molar-refractivity contribution in [3.63, 3.8) is 0 Å². The van der Waals surface area contributed by atoms with E-state index < -0.39 is 32.1 Å². The Hall–Kier alpha value is -2.72. The molecular formula is C21H26N4O5S. The Kier molecular flexibility index (Phi) is 5.85. The molecule has 166 valence electrons. The first-order valence-electron chi connectivity index (χ1n) is 10.5. The molecule has 0 saturated carbocycles. The van der Waals surface area contributed by atoms with Crippen LogP contribution in [0.25, 0.3) is 0 Å². The molecule has 10 heteroatoms. The highest BCUT2D eigenvalue weighted by Crippen LogP contribution is 2.29. The van der Waals surface area contributed by atoms with Crippen LogP contribution < -0.4 is 16.6 Å². The molecule has 31 heavy (non-hydrogen) atoms. The van der Waals surface area contributed by atoms with Gasteiger partial charge in [-0.1, -0.05) is 12.1 Å². The monoisotopic (exact) mass is 446 g/mol. The molecule has 2 aliphatic rings. The number of carbonyl (C=O) groups is 1. The van der Waals surface area contributed by atoms with E-state index in [2.05, 4.69) is 16.4 Å². The number of hydrogen-bond donors (Lipinski definition) is 3. The molecule has 0 spiro atoms. The average Bonchev–Trinajstić information content (AvgIpc) is 2.73. The zero-order valence-corrected chi connectivity index (χ0v) is 18.2. The van der Waals surface area contributed by atoms with Crippen LogP contribution >= 0.6 is 0 Å². The Bertz CT molecular complexity index is 1230. The van der Waals surface area contributed by atoms with Crippen molar-refractivity contribution >= 4 is 21.6 Å². The van der Waals surface area contributed by atoms with E-state index in [4.69, 9.17) is 0 Å². The summed E-state index contributed by atoms with van der Waals surface area (Å²) in [6.45, 7) is 1.57. The summed E-state index contributed by atoms with van der Waals surface area (Å²) in [5.74, 6) is -0.740. The van der Waals surface area contributed by atoms with Crippen LogP contribution in [0.15, 0.2) is 32.7 Å². The van der Waals surface area contributed by atoms with Crippen LogP contribution in [0.2, 0.25) is 0 Å². The van der Waals surface area contributed by atoms with Crippen molar-refractivity contribution in [2.45, 2.75) is 50.3 Å². The van der Waals surface area contributed by atoms with E-state index in [1.807, 2.05) is 17.1 Å². The summed E-state index contributed by atoms with van der Waals surface area (Å²) in [5.41, 5.74) is 1.49. The normalized spacial score (nSPS) is 19.6. The predicted octanol–water partition coefficient (Wildman–Crippen LogP) is 1.29. The zero-order valence-electron chi connectivity index (χ0n) is 17.4. The van der Waals surface area contributed by atoms with Gasteiger partial charge in [0.15, 0.2) is 4.90 Å². The largest absolute Gasteiger partial charge is 0.326 e. The van der Waals surface area contributed by atoms with Gasteiger partial charge in [0, 0.05) is 24.5 Å². The maximum absolute atomic E-state index is 13.1. The van der Waals surface area contributed by atoms with E-state index in [-0.39, 0.29) is 24.7 Å². The van der Waals surface area contributed by atoms with E-state index >= 15 is 0 Å². The van der Waals surface area contributed by atoms with Crippen LogP contribution in [0.4, 0.5) is 5.69 Å². The molecule has 9 nitrogen and oxygen atoms in total. The highest BCUT2D eigenvalue weighted by molar-refractivity contribution is 7.89. The van der Waals surface area contributed by atoms with Gasteiger partial charge >= 0.3 is 5.69 Å². The number of amides is 1. The molecule has 1 aromatic heterocycles. The fourth-order valence-corrected chi connectivity index (χ4v) is 6.26. The van der Waals surface area contributed by atoms with Crippen molar-refractivity contribution in [2.24, 2.45) is 5.92 Å². The first kappa shape index (κ1) is 21.5. The first-order chi connectivity index (χ1) is 14.8. The summed E-state index contributed by atoms with van der Waals surface area (Å²) in [5, 5.41) is 3.01. The van der Waals surface area contributed by atoms with Crippen LogP contribution in [0, 0.1) is 12.8 Å². The Morgan fingerprint density at radius 1 is 1.13 bits per heavy atom. The molecule has 1 aromatic carbocycles. The molecule has 3 N–H and O–H groups in total. The van der Waals surface area contributed by atoms with Crippen LogP contribution in [0.1, 0.15) is 42.5 Å². The third-order valence-electron chi connectivity index (χ3n) is 6.08. The molecule has 1 atom stereocenters. The molecule has 4 rings (SSSR count). The molecule has 2 aromatic rings. The van der Waals surface area contributed by atoms with Gasteiger partial charge in [-0.3, -0.25) is 14.6 Å². The van der Waals surface area contributed by atoms with Gasteiger partial charge in [-0.05, 0) is 62.6 Å². The number of nitrogens with zero attached hydrogens (tertiary/aromatic N) is 1. The fourth-order valence-electron chi connectivity index (χ4n) is 4.54. The van der Waals surface area contributed by atoms with Gasteiger partial charge in [-0.15, -0.1) is 0 Å². The van der Waals surface area contributed by atoms with Crippen molar-refractivity contribution < 1.29 is 13.2 Å². The van der Waals surface area contributed by atoms with Crippen molar-refractivity contribution in [3.05, 3.63) is 55.9 Å². The van der Waals surface area contributed by atoms with Gasteiger partial charge in [-0.25, -0.2) is 13.2 Å². The highest BCUT2D eigenvalue weighted by Gasteiger charge is 2.36. The minimum absolute atomic E-state index is 0.0127. The van der Waals surface area contributed by atoms with Crippen molar-refractivity contribution in [1.29, 1.82) is 0 Å². The summed E-state index contributed by atoms with van der Waals surface area (Å²) in [6.07, 6.45) is 5.22. The molecule has 2 heterocycles. The standard InChI is InChI=1S/C21H26N4O5S/c1-13-18(20(27)24-21(28)22-13)31(29,30)25-11-5-8-15(12-25)19(26)23-17-10-4-7-14-6-2-3-9-16(14)17/h4,7,10,15H,2-3,5-6,8-9,11-12H2,1H3,(H,23,26)(H2,22,24,27,28). The topological polar surface area (TPSA) is 132 Å². The zero-order chi connectivity index (χ0) is 22.2. The van der Waals surface area contributed by atoms with E-state index in [1.54, 1.807) is 0 Å². The number of piperidine rings is 1. The summed E-state index contributed by atoms with van der Waals surface area (Å²) >= 11 is 0. The number of carbonyl (C=O) groups excluding carboxylic acids is 1. The van der Waals surface area contributed by atoms with Gasteiger partial charge in [0.2, 0.25) is 15.9 Å². The molecule has 0 radical (unpaired) electrons. The second-order valence-electron chi connectivity index (χ2n) is 8.20. The Morgan fingerprint density at radius 2 is 1.90 bits per heavy atom. The van der Waals surface area contributed by atoms with Gasteiger partial charge in [0.1, 0.15) is 0 Å². The number of H-pyrrole nitrogens is 2. The number of aryl methyl sites for hydroxylation is 2. The van der Waals surface area contributed by atoms with Crippen LogP contribution in [0.5, 0.6) is 0 Å². The molecule has 1 aliphatic carbocycles. The lowest BCUT2D eigenvalue weighted by atomic mass is 9.90. The number of rotatable bonds is 4.